The number of aryl methyl sites for hydroxylation is 1. The van der Waals surface area contributed by atoms with Gasteiger partial charge in [-0.15, -0.1) is 0 Å². The molecule has 1 aromatic heterocycles. The van der Waals surface area contributed by atoms with Crippen LogP contribution in [0.2, 0.25) is 10.0 Å². The maximum Gasteiger partial charge on any atom is 0.287 e. The molecular formula is C20H18Cl2N4O3. The van der Waals surface area contributed by atoms with E-state index in [1.165, 1.54) is 13.2 Å². The molecule has 29 heavy (non-hydrogen) atoms. The second-order valence-corrected chi connectivity index (χ2v) is 6.81. The van der Waals surface area contributed by atoms with Crippen LogP contribution in [0.15, 0.2) is 58.6 Å². The molecule has 0 fully saturated rings. The van der Waals surface area contributed by atoms with Gasteiger partial charge in [-0.2, -0.15) is 10.2 Å². The lowest BCUT2D eigenvalue weighted by atomic mass is 10.2. The number of benzene rings is 2. The monoisotopic (exact) mass is 432 g/mol. The molecule has 2 aromatic carbocycles. The van der Waals surface area contributed by atoms with E-state index in [9.17, 15) is 4.79 Å². The van der Waals surface area contributed by atoms with Crippen LogP contribution in [-0.2, 0) is 13.7 Å². The molecule has 3 rings (SSSR count). The second-order valence-electron chi connectivity index (χ2n) is 6.00. The van der Waals surface area contributed by atoms with E-state index in [1.54, 1.807) is 25.5 Å². The lowest BCUT2D eigenvalue weighted by Gasteiger charge is -2.11. The Morgan fingerprint density at radius 2 is 2.03 bits per heavy atom. The number of hydrogen-bond donors (Lipinski definition) is 1. The number of halogens is 2. The number of ether oxygens (including phenoxy) is 2. The average Bonchev–Trinajstić information content (AvgIpc) is 2.72. The van der Waals surface area contributed by atoms with Crippen LogP contribution in [0.4, 0.5) is 5.69 Å². The Hall–Kier alpha value is -3.03. The molecule has 0 saturated heterocycles. The Morgan fingerprint density at radius 3 is 2.79 bits per heavy atom. The van der Waals surface area contributed by atoms with E-state index >= 15 is 0 Å². The normalized spacial score (nSPS) is 10.9. The van der Waals surface area contributed by atoms with Crippen LogP contribution in [0, 0.1) is 0 Å². The predicted molar refractivity (Wildman–Crippen MR) is 114 cm³/mol. The number of nitrogens with one attached hydrogen (secondary N) is 1. The predicted octanol–water partition coefficient (Wildman–Crippen LogP) is 4.12. The van der Waals surface area contributed by atoms with Gasteiger partial charge in [-0.25, -0.2) is 4.68 Å². The molecule has 0 atom stereocenters. The highest BCUT2D eigenvalue weighted by atomic mass is 35.5. The number of hydrogen-bond acceptors (Lipinski definition) is 6. The largest absolute Gasteiger partial charge is 0.493 e. The Kier molecular flexibility index (Phi) is 6.74. The van der Waals surface area contributed by atoms with Gasteiger partial charge in [0.2, 0.25) is 0 Å². The van der Waals surface area contributed by atoms with Crippen molar-refractivity contribution >= 4 is 35.1 Å². The van der Waals surface area contributed by atoms with E-state index in [4.69, 9.17) is 32.7 Å². The van der Waals surface area contributed by atoms with Crippen molar-refractivity contribution < 1.29 is 9.47 Å². The zero-order valence-electron chi connectivity index (χ0n) is 15.7. The first kappa shape index (κ1) is 20.7. The number of anilines is 1. The van der Waals surface area contributed by atoms with Crippen molar-refractivity contribution in [3.8, 4) is 11.5 Å². The fourth-order valence-electron chi connectivity index (χ4n) is 2.44. The van der Waals surface area contributed by atoms with Crippen molar-refractivity contribution in [3.63, 3.8) is 0 Å². The maximum atomic E-state index is 11.8. The smallest absolute Gasteiger partial charge is 0.287 e. The summed E-state index contributed by atoms with van der Waals surface area (Å²) in [6, 6.07) is 12.9. The van der Waals surface area contributed by atoms with Crippen molar-refractivity contribution in [3.05, 3.63) is 80.2 Å². The minimum absolute atomic E-state index is 0.0157. The van der Waals surface area contributed by atoms with Gasteiger partial charge in [0.1, 0.15) is 17.3 Å². The van der Waals surface area contributed by atoms with Gasteiger partial charge in [-0.1, -0.05) is 35.3 Å². The molecule has 0 spiro atoms. The van der Waals surface area contributed by atoms with E-state index in [0.717, 1.165) is 15.8 Å². The lowest BCUT2D eigenvalue weighted by Crippen LogP contribution is -2.20. The van der Waals surface area contributed by atoms with E-state index < -0.39 is 5.56 Å². The SMILES string of the molecule is COc1cc(/C=N\Nc2cnn(C)c(=O)c2Cl)ccc1OCc1cccc(Cl)c1. The summed E-state index contributed by atoms with van der Waals surface area (Å²) in [5.41, 5.74) is 4.34. The van der Waals surface area contributed by atoms with Crippen LogP contribution in [0.5, 0.6) is 11.5 Å². The molecule has 0 aliphatic carbocycles. The molecule has 0 bridgehead atoms. The zero-order chi connectivity index (χ0) is 20.8. The number of methoxy groups -OCH3 is 1. The van der Waals surface area contributed by atoms with Crippen LogP contribution in [-0.4, -0.2) is 23.1 Å². The van der Waals surface area contributed by atoms with Crippen LogP contribution in [0.25, 0.3) is 0 Å². The average molecular weight is 433 g/mol. The number of rotatable bonds is 7. The molecule has 0 unspecified atom stereocenters. The summed E-state index contributed by atoms with van der Waals surface area (Å²) in [5.74, 6) is 1.15. The molecule has 0 radical (unpaired) electrons. The molecule has 0 saturated carbocycles. The van der Waals surface area contributed by atoms with Gasteiger partial charge in [0.25, 0.3) is 5.56 Å². The minimum Gasteiger partial charge on any atom is -0.493 e. The van der Waals surface area contributed by atoms with Crippen molar-refractivity contribution in [2.75, 3.05) is 12.5 Å². The summed E-state index contributed by atoms with van der Waals surface area (Å²) in [7, 11) is 3.08. The van der Waals surface area contributed by atoms with Crippen LogP contribution in [0.3, 0.4) is 0 Å². The Labute approximate surface area is 177 Å². The van der Waals surface area contributed by atoms with E-state index in [-0.39, 0.29) is 5.02 Å². The van der Waals surface area contributed by atoms with Crippen molar-refractivity contribution in [1.82, 2.24) is 9.78 Å². The van der Waals surface area contributed by atoms with E-state index in [2.05, 4.69) is 15.6 Å². The fraction of sp³-hybridized carbons (Fsp3) is 0.150. The number of nitrogens with zero attached hydrogens (tertiary/aromatic N) is 3. The Morgan fingerprint density at radius 1 is 1.21 bits per heavy atom. The van der Waals surface area contributed by atoms with Crippen LogP contribution < -0.4 is 20.5 Å². The third-order valence-electron chi connectivity index (χ3n) is 3.95. The highest BCUT2D eigenvalue weighted by molar-refractivity contribution is 6.33. The standard InChI is InChI=1S/C20H18Cl2N4O3/c1-26-20(27)19(22)16(11-24-26)25-23-10-13-6-7-17(18(9-13)28-2)29-12-14-4-3-5-15(21)8-14/h3-11,25H,12H2,1-2H3/b23-10-. The van der Waals surface area contributed by atoms with Gasteiger partial charge in [0.05, 0.1) is 19.5 Å². The van der Waals surface area contributed by atoms with Gasteiger partial charge in [0.15, 0.2) is 11.5 Å². The minimum atomic E-state index is -0.408. The van der Waals surface area contributed by atoms with Crippen molar-refractivity contribution in [2.45, 2.75) is 6.61 Å². The first-order valence-electron chi connectivity index (χ1n) is 8.54. The molecule has 3 aromatic rings. The van der Waals surface area contributed by atoms with E-state index in [0.29, 0.717) is 28.8 Å². The first-order valence-corrected chi connectivity index (χ1v) is 9.29. The topological polar surface area (TPSA) is 77.7 Å². The molecule has 9 heteroatoms. The van der Waals surface area contributed by atoms with Gasteiger partial charge in [-0.3, -0.25) is 10.2 Å². The quantitative estimate of drug-likeness (QED) is 0.448. The number of aromatic nitrogens is 2. The third-order valence-corrected chi connectivity index (χ3v) is 4.55. The first-order chi connectivity index (χ1) is 14.0. The molecule has 0 aliphatic heterocycles. The third kappa shape index (κ3) is 5.28. The summed E-state index contributed by atoms with van der Waals surface area (Å²) < 4.78 is 12.4. The fourth-order valence-corrected chi connectivity index (χ4v) is 2.86. The van der Waals surface area contributed by atoms with Crippen molar-refractivity contribution in [2.24, 2.45) is 12.1 Å². The van der Waals surface area contributed by atoms with Gasteiger partial charge >= 0.3 is 0 Å². The summed E-state index contributed by atoms with van der Waals surface area (Å²) >= 11 is 12.0. The molecular weight excluding hydrogens is 415 g/mol. The molecule has 150 valence electrons. The Balaban J connectivity index is 1.69. The Bertz CT molecular complexity index is 1100. The lowest BCUT2D eigenvalue weighted by molar-refractivity contribution is 0.284. The maximum absolute atomic E-state index is 11.8. The van der Waals surface area contributed by atoms with Gasteiger partial charge < -0.3 is 9.47 Å². The zero-order valence-corrected chi connectivity index (χ0v) is 17.2. The summed E-state index contributed by atoms with van der Waals surface area (Å²) in [5, 5.41) is 8.66. The molecule has 1 N–H and O–H groups in total. The van der Waals surface area contributed by atoms with Crippen molar-refractivity contribution in [1.29, 1.82) is 0 Å². The van der Waals surface area contributed by atoms with Gasteiger partial charge in [0, 0.05) is 12.1 Å². The second kappa shape index (κ2) is 9.45. The highest BCUT2D eigenvalue weighted by Crippen LogP contribution is 2.28. The number of hydrazone groups is 1. The van der Waals surface area contributed by atoms with Crippen LogP contribution >= 0.6 is 23.2 Å². The summed E-state index contributed by atoms with van der Waals surface area (Å²) in [6.07, 6.45) is 2.99. The summed E-state index contributed by atoms with van der Waals surface area (Å²) in [6.45, 7) is 0.361. The van der Waals surface area contributed by atoms with E-state index in [1.807, 2.05) is 30.3 Å². The highest BCUT2D eigenvalue weighted by Gasteiger charge is 2.07. The molecule has 0 amide bonds. The van der Waals surface area contributed by atoms with Gasteiger partial charge in [-0.05, 0) is 41.5 Å². The van der Waals surface area contributed by atoms with Crippen LogP contribution in [0.1, 0.15) is 11.1 Å². The molecule has 1 heterocycles. The molecule has 0 aliphatic rings. The summed E-state index contributed by atoms with van der Waals surface area (Å²) in [4.78, 5) is 11.8. The molecule has 7 nitrogen and oxygen atoms in total.